The topological polar surface area (TPSA) is 77.9 Å². The molecule has 1 heterocycles. The van der Waals surface area contributed by atoms with Gasteiger partial charge in [0.15, 0.2) is 0 Å². The van der Waals surface area contributed by atoms with Gasteiger partial charge in [0.05, 0.1) is 11.6 Å². The second kappa shape index (κ2) is 9.14. The average Bonchev–Trinajstić information content (AvgIpc) is 3.19. The number of hydrogen-bond acceptors (Lipinski definition) is 3. The van der Waals surface area contributed by atoms with Crippen LogP contribution in [-0.4, -0.2) is 17.4 Å². The Morgan fingerprint density at radius 1 is 1.06 bits per heavy atom. The molecule has 0 bridgehead atoms. The molecule has 0 radical (unpaired) electrons. The van der Waals surface area contributed by atoms with Gasteiger partial charge >= 0.3 is 0 Å². The maximum Gasteiger partial charge on any atom is 0.251 e. The summed E-state index contributed by atoms with van der Waals surface area (Å²) < 4.78 is 19.1. The molecular formula is C25H20FN3O2. The number of carbonyl (C=O) groups is 1. The molecule has 31 heavy (non-hydrogen) atoms. The summed E-state index contributed by atoms with van der Waals surface area (Å²) in [4.78, 5) is 15.6. The fourth-order valence-corrected chi connectivity index (χ4v) is 3.42. The summed E-state index contributed by atoms with van der Waals surface area (Å²) in [6.07, 6.45) is 2.46. The van der Waals surface area contributed by atoms with Crippen molar-refractivity contribution < 1.29 is 13.9 Å². The van der Waals surface area contributed by atoms with Crippen LogP contribution in [0.25, 0.3) is 10.9 Å². The number of H-pyrrole nitrogens is 1. The van der Waals surface area contributed by atoms with Gasteiger partial charge in [-0.2, -0.15) is 5.26 Å². The van der Waals surface area contributed by atoms with Crippen molar-refractivity contribution in [3.05, 3.63) is 101 Å². The first-order valence-electron chi connectivity index (χ1n) is 9.88. The van der Waals surface area contributed by atoms with E-state index in [0.29, 0.717) is 29.8 Å². The smallest absolute Gasteiger partial charge is 0.251 e. The number of amides is 1. The average molecular weight is 413 g/mol. The lowest BCUT2D eigenvalue weighted by Gasteiger charge is -2.10. The number of hydrogen-bond donors (Lipinski definition) is 2. The largest absolute Gasteiger partial charge is 0.489 e. The number of nitriles is 1. The van der Waals surface area contributed by atoms with Gasteiger partial charge in [-0.05, 0) is 54.4 Å². The van der Waals surface area contributed by atoms with Gasteiger partial charge in [0.2, 0.25) is 0 Å². The van der Waals surface area contributed by atoms with Gasteiger partial charge in [-0.15, -0.1) is 0 Å². The molecule has 5 nitrogen and oxygen atoms in total. The predicted molar refractivity (Wildman–Crippen MR) is 116 cm³/mol. The molecule has 1 aromatic heterocycles. The Labute approximate surface area is 179 Å². The maximum atomic E-state index is 13.3. The highest BCUT2D eigenvalue weighted by molar-refractivity contribution is 5.94. The van der Waals surface area contributed by atoms with Crippen molar-refractivity contribution >= 4 is 16.8 Å². The van der Waals surface area contributed by atoms with E-state index in [-0.39, 0.29) is 18.3 Å². The second-order valence-corrected chi connectivity index (χ2v) is 7.10. The summed E-state index contributed by atoms with van der Waals surface area (Å²) in [5.41, 5.74) is 3.61. The molecule has 4 aromatic rings. The van der Waals surface area contributed by atoms with Gasteiger partial charge in [0.25, 0.3) is 5.91 Å². The molecule has 0 aliphatic rings. The summed E-state index contributed by atoms with van der Waals surface area (Å²) in [5.74, 6) is 0.0697. The Hall–Kier alpha value is -4.11. The number of aromatic amines is 1. The zero-order chi connectivity index (χ0) is 21.6. The van der Waals surface area contributed by atoms with Gasteiger partial charge in [-0.25, -0.2) is 4.39 Å². The van der Waals surface area contributed by atoms with Crippen LogP contribution in [0, 0.1) is 17.1 Å². The van der Waals surface area contributed by atoms with Crippen LogP contribution in [0.1, 0.15) is 27.0 Å². The summed E-state index contributed by atoms with van der Waals surface area (Å²) in [7, 11) is 0. The zero-order valence-electron chi connectivity index (χ0n) is 16.7. The molecule has 0 saturated heterocycles. The van der Waals surface area contributed by atoms with Crippen molar-refractivity contribution in [3.63, 3.8) is 0 Å². The second-order valence-electron chi connectivity index (χ2n) is 7.10. The van der Waals surface area contributed by atoms with E-state index in [1.807, 2.05) is 24.4 Å². The molecule has 4 rings (SSSR count). The van der Waals surface area contributed by atoms with E-state index < -0.39 is 0 Å². The highest BCUT2D eigenvalue weighted by Gasteiger charge is 2.09. The van der Waals surface area contributed by atoms with Crippen molar-refractivity contribution in [2.75, 3.05) is 6.54 Å². The Kier molecular flexibility index (Phi) is 5.95. The summed E-state index contributed by atoms with van der Waals surface area (Å²) >= 11 is 0. The van der Waals surface area contributed by atoms with Gasteiger partial charge in [0, 0.05) is 34.8 Å². The molecule has 2 N–H and O–H groups in total. The molecule has 154 valence electrons. The van der Waals surface area contributed by atoms with Crippen molar-refractivity contribution in [1.29, 1.82) is 5.26 Å². The minimum Gasteiger partial charge on any atom is -0.489 e. The Balaban J connectivity index is 1.35. The van der Waals surface area contributed by atoms with E-state index in [1.165, 1.54) is 12.1 Å². The van der Waals surface area contributed by atoms with E-state index in [0.717, 1.165) is 22.0 Å². The van der Waals surface area contributed by atoms with Crippen molar-refractivity contribution in [2.24, 2.45) is 0 Å². The Morgan fingerprint density at radius 2 is 1.94 bits per heavy atom. The summed E-state index contributed by atoms with van der Waals surface area (Å²) in [6, 6.07) is 21.0. The molecule has 1 amide bonds. The van der Waals surface area contributed by atoms with Gasteiger partial charge in [0.1, 0.15) is 18.2 Å². The van der Waals surface area contributed by atoms with Crippen LogP contribution in [0.5, 0.6) is 5.75 Å². The molecule has 0 unspecified atom stereocenters. The van der Waals surface area contributed by atoms with Crippen LogP contribution < -0.4 is 10.1 Å². The van der Waals surface area contributed by atoms with Gasteiger partial charge in [-0.3, -0.25) is 4.79 Å². The third kappa shape index (κ3) is 4.73. The number of ether oxygens (including phenoxy) is 1. The van der Waals surface area contributed by atoms with Crippen LogP contribution in [0.2, 0.25) is 0 Å². The SMILES string of the molecule is N#Cc1ccccc1COc1cccc(C(=O)NCCc2c[nH]c3cc(F)ccc23)c1. The van der Waals surface area contributed by atoms with E-state index in [4.69, 9.17) is 4.74 Å². The van der Waals surface area contributed by atoms with Crippen molar-refractivity contribution in [2.45, 2.75) is 13.0 Å². The fraction of sp³-hybridized carbons (Fsp3) is 0.120. The Morgan fingerprint density at radius 3 is 2.81 bits per heavy atom. The lowest BCUT2D eigenvalue weighted by atomic mass is 10.1. The number of benzene rings is 3. The molecule has 6 heteroatoms. The summed E-state index contributed by atoms with van der Waals surface area (Å²) in [6.45, 7) is 0.694. The first-order chi connectivity index (χ1) is 15.1. The van der Waals surface area contributed by atoms with Crippen LogP contribution in [0.3, 0.4) is 0 Å². The molecular weight excluding hydrogens is 393 g/mol. The lowest BCUT2D eigenvalue weighted by molar-refractivity contribution is 0.0953. The molecule has 0 atom stereocenters. The number of halogens is 1. The molecule has 0 aliphatic heterocycles. The highest BCUT2D eigenvalue weighted by Crippen LogP contribution is 2.20. The first kappa shape index (κ1) is 20.2. The van der Waals surface area contributed by atoms with E-state index in [1.54, 1.807) is 36.4 Å². The van der Waals surface area contributed by atoms with Gasteiger partial charge < -0.3 is 15.0 Å². The maximum absolute atomic E-state index is 13.3. The number of nitrogens with one attached hydrogen (secondary N) is 2. The molecule has 0 saturated carbocycles. The van der Waals surface area contributed by atoms with Crippen LogP contribution >= 0.6 is 0 Å². The highest BCUT2D eigenvalue weighted by atomic mass is 19.1. The van der Waals surface area contributed by atoms with Gasteiger partial charge in [-0.1, -0.05) is 24.3 Å². The molecule has 0 spiro atoms. The molecule has 0 aliphatic carbocycles. The van der Waals surface area contributed by atoms with Crippen LogP contribution in [0.4, 0.5) is 4.39 Å². The van der Waals surface area contributed by atoms with E-state index in [9.17, 15) is 14.4 Å². The van der Waals surface area contributed by atoms with Crippen LogP contribution in [0.15, 0.2) is 72.9 Å². The number of nitrogens with zero attached hydrogens (tertiary/aromatic N) is 1. The quantitative estimate of drug-likeness (QED) is 0.460. The lowest BCUT2D eigenvalue weighted by Crippen LogP contribution is -2.25. The van der Waals surface area contributed by atoms with Crippen molar-refractivity contribution in [1.82, 2.24) is 10.3 Å². The van der Waals surface area contributed by atoms with E-state index in [2.05, 4.69) is 16.4 Å². The van der Waals surface area contributed by atoms with Crippen molar-refractivity contribution in [3.8, 4) is 11.8 Å². The van der Waals surface area contributed by atoms with Crippen LogP contribution in [-0.2, 0) is 13.0 Å². The normalized spacial score (nSPS) is 10.6. The Bertz CT molecular complexity index is 1270. The number of carbonyl (C=O) groups excluding carboxylic acids is 1. The number of rotatable bonds is 7. The predicted octanol–water partition coefficient (Wildman–Crippen LogP) is 4.73. The molecule has 0 fully saturated rings. The zero-order valence-corrected chi connectivity index (χ0v) is 16.7. The first-order valence-corrected chi connectivity index (χ1v) is 9.88. The number of fused-ring (bicyclic) bond motifs is 1. The monoisotopic (exact) mass is 413 g/mol. The standard InChI is InChI=1S/C25H20FN3O2/c26-21-8-9-23-19(15-29-24(23)13-21)10-11-28-25(30)17-6-3-7-22(12-17)31-16-20-5-2-1-4-18(20)14-27/h1-9,12-13,15,29H,10-11,16H2,(H,28,30). The fourth-order valence-electron chi connectivity index (χ4n) is 3.42. The third-order valence-corrected chi connectivity index (χ3v) is 5.04. The van der Waals surface area contributed by atoms with E-state index >= 15 is 0 Å². The summed E-state index contributed by atoms with van der Waals surface area (Å²) in [5, 5.41) is 13.0. The number of aromatic nitrogens is 1. The minimum absolute atomic E-state index is 0.200. The molecule has 3 aromatic carbocycles. The minimum atomic E-state index is -0.285. The third-order valence-electron chi connectivity index (χ3n) is 5.04.